The molecule has 5 nitrogen and oxygen atoms in total. The normalized spacial score (nSPS) is 20.4. The summed E-state index contributed by atoms with van der Waals surface area (Å²) < 4.78 is 4.59. The Bertz CT molecular complexity index is 304. The lowest BCUT2D eigenvalue weighted by atomic mass is 10.1. The molecule has 1 atom stereocenters. The SMILES string of the molecule is O=C(NCCC1CCNC1)c1ccon1. The van der Waals surface area contributed by atoms with E-state index in [1.54, 1.807) is 6.07 Å². The summed E-state index contributed by atoms with van der Waals surface area (Å²) in [5.74, 6) is 0.539. The van der Waals surface area contributed by atoms with Crippen LogP contribution in [0.3, 0.4) is 0 Å². The van der Waals surface area contributed by atoms with Crippen molar-refractivity contribution >= 4 is 5.91 Å². The first-order valence-electron chi connectivity index (χ1n) is 5.25. The van der Waals surface area contributed by atoms with Crippen LogP contribution in [0.25, 0.3) is 0 Å². The third-order valence-corrected chi connectivity index (χ3v) is 2.67. The zero-order valence-electron chi connectivity index (χ0n) is 8.53. The number of nitrogens with one attached hydrogen (secondary N) is 2. The van der Waals surface area contributed by atoms with Crippen LogP contribution in [0.1, 0.15) is 23.3 Å². The number of amides is 1. The van der Waals surface area contributed by atoms with Gasteiger partial charge in [-0.1, -0.05) is 5.16 Å². The Labute approximate surface area is 88.2 Å². The molecular weight excluding hydrogens is 194 g/mol. The molecule has 0 aliphatic carbocycles. The molecule has 15 heavy (non-hydrogen) atoms. The van der Waals surface area contributed by atoms with Crippen LogP contribution in [-0.4, -0.2) is 30.7 Å². The van der Waals surface area contributed by atoms with E-state index in [1.165, 1.54) is 12.7 Å². The zero-order chi connectivity index (χ0) is 10.5. The molecule has 0 saturated carbocycles. The lowest BCUT2D eigenvalue weighted by Crippen LogP contribution is -2.26. The molecule has 1 fully saturated rings. The van der Waals surface area contributed by atoms with E-state index in [1.807, 2.05) is 0 Å². The number of hydrogen-bond donors (Lipinski definition) is 2. The Morgan fingerprint density at radius 2 is 2.67 bits per heavy atom. The number of carbonyl (C=O) groups is 1. The van der Waals surface area contributed by atoms with E-state index < -0.39 is 0 Å². The average Bonchev–Trinajstić information content (AvgIpc) is 2.90. The molecular formula is C10H15N3O2. The number of rotatable bonds is 4. The van der Waals surface area contributed by atoms with Crippen molar-refractivity contribution in [1.29, 1.82) is 0 Å². The number of hydrogen-bond acceptors (Lipinski definition) is 4. The number of carbonyl (C=O) groups excluding carboxylic acids is 1. The van der Waals surface area contributed by atoms with E-state index in [2.05, 4.69) is 20.3 Å². The maximum absolute atomic E-state index is 11.4. The fourth-order valence-electron chi connectivity index (χ4n) is 1.77. The van der Waals surface area contributed by atoms with Gasteiger partial charge in [0, 0.05) is 12.6 Å². The number of nitrogens with zero attached hydrogens (tertiary/aromatic N) is 1. The summed E-state index contributed by atoms with van der Waals surface area (Å²) in [5.41, 5.74) is 0.347. The highest BCUT2D eigenvalue weighted by molar-refractivity contribution is 5.91. The molecule has 1 aromatic heterocycles. The molecule has 5 heteroatoms. The van der Waals surface area contributed by atoms with Crippen LogP contribution >= 0.6 is 0 Å². The van der Waals surface area contributed by atoms with Crippen LogP contribution in [-0.2, 0) is 0 Å². The molecule has 2 rings (SSSR count). The minimum atomic E-state index is -0.158. The largest absolute Gasteiger partial charge is 0.364 e. The highest BCUT2D eigenvalue weighted by atomic mass is 16.5. The second kappa shape index (κ2) is 4.93. The van der Waals surface area contributed by atoms with Crippen LogP contribution in [0, 0.1) is 5.92 Å². The van der Waals surface area contributed by atoms with Gasteiger partial charge >= 0.3 is 0 Å². The standard InChI is InChI=1S/C10H15N3O2/c14-10(9-3-6-15-13-9)12-5-2-8-1-4-11-7-8/h3,6,8,11H,1-2,4-5,7H2,(H,12,14). The van der Waals surface area contributed by atoms with E-state index >= 15 is 0 Å². The van der Waals surface area contributed by atoms with Crippen LogP contribution in [0.15, 0.2) is 16.9 Å². The maximum Gasteiger partial charge on any atom is 0.273 e. The van der Waals surface area contributed by atoms with Gasteiger partial charge < -0.3 is 15.2 Å². The van der Waals surface area contributed by atoms with Crippen molar-refractivity contribution in [3.63, 3.8) is 0 Å². The second-order valence-corrected chi connectivity index (χ2v) is 3.79. The van der Waals surface area contributed by atoms with Gasteiger partial charge in [-0.05, 0) is 31.8 Å². The van der Waals surface area contributed by atoms with Crippen molar-refractivity contribution in [3.8, 4) is 0 Å². The van der Waals surface area contributed by atoms with E-state index in [0.717, 1.165) is 19.5 Å². The summed E-state index contributed by atoms with van der Waals surface area (Å²) in [4.78, 5) is 11.4. The van der Waals surface area contributed by atoms with Gasteiger partial charge in [-0.15, -0.1) is 0 Å². The van der Waals surface area contributed by atoms with Crippen molar-refractivity contribution in [2.75, 3.05) is 19.6 Å². The molecule has 1 unspecified atom stereocenters. The van der Waals surface area contributed by atoms with Gasteiger partial charge in [0.15, 0.2) is 5.69 Å². The highest BCUT2D eigenvalue weighted by Crippen LogP contribution is 2.10. The van der Waals surface area contributed by atoms with Crippen molar-refractivity contribution in [1.82, 2.24) is 15.8 Å². The lowest BCUT2D eigenvalue weighted by Gasteiger charge is -2.07. The molecule has 0 aromatic carbocycles. The van der Waals surface area contributed by atoms with Gasteiger partial charge in [0.05, 0.1) is 0 Å². The smallest absolute Gasteiger partial charge is 0.273 e. The quantitative estimate of drug-likeness (QED) is 0.753. The van der Waals surface area contributed by atoms with Crippen LogP contribution in [0.4, 0.5) is 0 Å². The summed E-state index contributed by atoms with van der Waals surface area (Å²) in [7, 11) is 0. The van der Waals surface area contributed by atoms with E-state index in [4.69, 9.17) is 0 Å². The van der Waals surface area contributed by atoms with E-state index in [0.29, 0.717) is 18.2 Å². The third-order valence-electron chi connectivity index (χ3n) is 2.67. The van der Waals surface area contributed by atoms with Gasteiger partial charge in [0.2, 0.25) is 0 Å². The third kappa shape index (κ3) is 2.79. The molecule has 1 aliphatic rings. The summed E-state index contributed by atoms with van der Waals surface area (Å²) in [6, 6.07) is 1.56. The number of aromatic nitrogens is 1. The fourth-order valence-corrected chi connectivity index (χ4v) is 1.77. The summed E-state index contributed by atoms with van der Waals surface area (Å²) in [6.45, 7) is 2.87. The maximum atomic E-state index is 11.4. The molecule has 0 spiro atoms. The molecule has 0 bridgehead atoms. The molecule has 1 saturated heterocycles. The molecule has 1 aromatic rings. The molecule has 82 valence electrons. The predicted octanol–water partition coefficient (Wildman–Crippen LogP) is 0.404. The monoisotopic (exact) mass is 209 g/mol. The van der Waals surface area contributed by atoms with Crippen LogP contribution in [0.2, 0.25) is 0 Å². The van der Waals surface area contributed by atoms with Crippen molar-refractivity contribution in [2.45, 2.75) is 12.8 Å². The Morgan fingerprint density at radius 3 is 3.33 bits per heavy atom. The van der Waals surface area contributed by atoms with Gasteiger partial charge in [0.25, 0.3) is 5.91 Å². The minimum Gasteiger partial charge on any atom is -0.364 e. The van der Waals surface area contributed by atoms with E-state index in [9.17, 15) is 4.79 Å². The molecule has 1 amide bonds. The fraction of sp³-hybridized carbons (Fsp3) is 0.600. The minimum absolute atomic E-state index is 0.158. The molecule has 2 heterocycles. The summed E-state index contributed by atoms with van der Waals surface area (Å²) >= 11 is 0. The van der Waals surface area contributed by atoms with Gasteiger partial charge in [0.1, 0.15) is 6.26 Å². The molecule has 0 radical (unpaired) electrons. The lowest BCUT2D eigenvalue weighted by molar-refractivity contribution is 0.0942. The molecule has 1 aliphatic heterocycles. The predicted molar refractivity (Wildman–Crippen MR) is 54.4 cm³/mol. The van der Waals surface area contributed by atoms with Gasteiger partial charge in [-0.3, -0.25) is 4.79 Å². The first-order chi connectivity index (χ1) is 7.36. The average molecular weight is 209 g/mol. The van der Waals surface area contributed by atoms with Gasteiger partial charge in [-0.2, -0.15) is 0 Å². The Hall–Kier alpha value is -1.36. The molecule has 2 N–H and O–H groups in total. The van der Waals surface area contributed by atoms with Crippen LogP contribution in [0.5, 0.6) is 0 Å². The Morgan fingerprint density at radius 1 is 1.73 bits per heavy atom. The highest BCUT2D eigenvalue weighted by Gasteiger charge is 2.14. The Kier molecular flexibility index (Phi) is 3.34. The van der Waals surface area contributed by atoms with E-state index in [-0.39, 0.29) is 5.91 Å². The first-order valence-corrected chi connectivity index (χ1v) is 5.25. The summed E-state index contributed by atoms with van der Waals surface area (Å²) in [5, 5.41) is 9.69. The zero-order valence-corrected chi connectivity index (χ0v) is 8.53. The van der Waals surface area contributed by atoms with Crippen molar-refractivity contribution < 1.29 is 9.32 Å². The van der Waals surface area contributed by atoms with Crippen LogP contribution < -0.4 is 10.6 Å². The van der Waals surface area contributed by atoms with Crippen molar-refractivity contribution in [3.05, 3.63) is 18.0 Å². The summed E-state index contributed by atoms with van der Waals surface area (Å²) in [6.07, 6.45) is 3.63. The first kappa shape index (κ1) is 10.2. The topological polar surface area (TPSA) is 67.2 Å². The Balaban J connectivity index is 1.67. The van der Waals surface area contributed by atoms with Crippen molar-refractivity contribution in [2.24, 2.45) is 5.92 Å². The second-order valence-electron chi connectivity index (χ2n) is 3.79. The van der Waals surface area contributed by atoms with Gasteiger partial charge in [-0.25, -0.2) is 0 Å².